The molecule has 0 aliphatic heterocycles. The summed E-state index contributed by atoms with van der Waals surface area (Å²) in [6.07, 6.45) is 3.23. The third kappa shape index (κ3) is 3.84. The maximum Gasteiger partial charge on any atom is 0.249 e. The molecule has 0 fully saturated rings. The number of nitrogens with one attached hydrogen (secondary N) is 1. The molecule has 0 unspecified atom stereocenters. The van der Waals surface area contributed by atoms with Gasteiger partial charge in [-0.3, -0.25) is 4.79 Å². The lowest BCUT2D eigenvalue weighted by Gasteiger charge is -2.17. The van der Waals surface area contributed by atoms with E-state index in [1.807, 2.05) is 35.7 Å². The van der Waals surface area contributed by atoms with Gasteiger partial charge in [0.05, 0.1) is 5.56 Å². The van der Waals surface area contributed by atoms with Crippen LogP contribution in [0.15, 0.2) is 41.8 Å². The van der Waals surface area contributed by atoms with Crippen molar-refractivity contribution < 1.29 is 4.79 Å². The molecular formula is C18H18N2OS. The van der Waals surface area contributed by atoms with Crippen LogP contribution >= 0.6 is 11.3 Å². The molecule has 0 aliphatic carbocycles. The van der Waals surface area contributed by atoms with Crippen LogP contribution in [0.5, 0.6) is 0 Å². The van der Waals surface area contributed by atoms with E-state index in [1.54, 1.807) is 6.08 Å². The molecule has 112 valence electrons. The molecular weight excluding hydrogens is 292 g/mol. The fourth-order valence-electron chi connectivity index (χ4n) is 2.00. The summed E-state index contributed by atoms with van der Waals surface area (Å²) in [5.41, 5.74) is 2.35. The summed E-state index contributed by atoms with van der Waals surface area (Å²) in [5.74, 6) is -0.234. The second-order valence-corrected chi connectivity index (χ2v) is 6.83. The Kier molecular flexibility index (Phi) is 4.79. The number of anilines is 1. The van der Waals surface area contributed by atoms with Crippen LogP contribution in [0, 0.1) is 11.3 Å². The molecule has 0 saturated heterocycles. The number of rotatable bonds is 3. The van der Waals surface area contributed by atoms with E-state index < -0.39 is 0 Å². The first kappa shape index (κ1) is 16.0. The van der Waals surface area contributed by atoms with E-state index in [1.165, 1.54) is 17.4 Å². The van der Waals surface area contributed by atoms with Gasteiger partial charge < -0.3 is 5.32 Å². The first-order valence-corrected chi connectivity index (χ1v) is 7.86. The van der Waals surface area contributed by atoms with Crippen LogP contribution in [-0.4, -0.2) is 5.91 Å². The molecule has 0 atom stereocenters. The molecule has 2 rings (SSSR count). The molecule has 4 heteroatoms. The maximum absolute atomic E-state index is 12.0. The van der Waals surface area contributed by atoms with E-state index in [0.29, 0.717) is 10.6 Å². The third-order valence-electron chi connectivity index (χ3n) is 3.17. The highest BCUT2D eigenvalue weighted by Gasteiger charge is 2.22. The zero-order valence-corrected chi connectivity index (χ0v) is 13.7. The third-order valence-corrected chi connectivity index (χ3v) is 4.07. The summed E-state index contributed by atoms with van der Waals surface area (Å²) < 4.78 is 0. The van der Waals surface area contributed by atoms with Gasteiger partial charge in [-0.2, -0.15) is 5.26 Å². The number of nitriles is 1. The molecule has 0 bridgehead atoms. The highest BCUT2D eigenvalue weighted by Crippen LogP contribution is 2.35. The minimum absolute atomic E-state index is 0.121. The average Bonchev–Trinajstić information content (AvgIpc) is 2.89. The number of carbonyl (C=O) groups excluding carboxylic acids is 1. The van der Waals surface area contributed by atoms with Crippen LogP contribution in [0.25, 0.3) is 6.08 Å². The van der Waals surface area contributed by atoms with Crippen LogP contribution in [0.2, 0.25) is 0 Å². The molecule has 2 aromatic rings. The fourth-order valence-corrected chi connectivity index (χ4v) is 3.14. The molecule has 0 spiro atoms. The molecule has 3 nitrogen and oxygen atoms in total. The van der Waals surface area contributed by atoms with Crippen LogP contribution in [0.3, 0.4) is 0 Å². The monoisotopic (exact) mass is 310 g/mol. The van der Waals surface area contributed by atoms with Gasteiger partial charge in [0.1, 0.15) is 11.1 Å². The summed E-state index contributed by atoms with van der Waals surface area (Å²) in [6, 6.07) is 11.8. The molecule has 1 aromatic heterocycles. The first-order valence-electron chi connectivity index (χ1n) is 6.98. The van der Waals surface area contributed by atoms with Crippen LogP contribution in [0.1, 0.15) is 37.5 Å². The molecule has 22 heavy (non-hydrogen) atoms. The van der Waals surface area contributed by atoms with E-state index in [4.69, 9.17) is 0 Å². The maximum atomic E-state index is 12.0. The summed E-state index contributed by atoms with van der Waals surface area (Å²) in [7, 11) is 0. The average molecular weight is 310 g/mol. The van der Waals surface area contributed by atoms with Gasteiger partial charge in [-0.1, -0.05) is 51.1 Å². The zero-order chi connectivity index (χ0) is 16.2. The number of hydrogen-bond acceptors (Lipinski definition) is 3. The van der Waals surface area contributed by atoms with Gasteiger partial charge in [0.25, 0.3) is 0 Å². The Hall–Kier alpha value is -2.38. The quantitative estimate of drug-likeness (QED) is 0.844. The van der Waals surface area contributed by atoms with E-state index >= 15 is 0 Å². The van der Waals surface area contributed by atoms with Gasteiger partial charge in [-0.25, -0.2) is 0 Å². The SMILES string of the molecule is CC(C)(C)c1csc(NC(=O)/C=C/c2ccccc2)c1C#N. The number of nitrogens with zero attached hydrogens (tertiary/aromatic N) is 1. The Bertz CT molecular complexity index is 731. The topological polar surface area (TPSA) is 52.9 Å². The molecule has 1 N–H and O–H groups in total. The number of hydrogen-bond donors (Lipinski definition) is 1. The van der Waals surface area contributed by atoms with E-state index in [0.717, 1.165) is 11.1 Å². The second-order valence-electron chi connectivity index (χ2n) is 5.95. The van der Waals surface area contributed by atoms with E-state index in [9.17, 15) is 10.1 Å². The molecule has 1 amide bonds. The number of benzene rings is 1. The molecule has 1 aromatic carbocycles. The summed E-state index contributed by atoms with van der Waals surface area (Å²) in [6.45, 7) is 6.16. The first-order chi connectivity index (χ1) is 10.4. The number of carbonyl (C=O) groups is 1. The van der Waals surface area contributed by atoms with Crippen molar-refractivity contribution in [2.75, 3.05) is 5.32 Å². The number of thiophene rings is 1. The van der Waals surface area contributed by atoms with Crippen molar-refractivity contribution in [1.82, 2.24) is 0 Å². The standard InChI is InChI=1S/C18H18N2OS/c1-18(2,3)15-12-22-17(14(15)11-19)20-16(21)10-9-13-7-5-4-6-8-13/h4-10,12H,1-3H3,(H,20,21)/b10-9+. The van der Waals surface area contributed by atoms with Gasteiger partial charge in [0, 0.05) is 6.08 Å². The largest absolute Gasteiger partial charge is 0.313 e. The Balaban J connectivity index is 2.15. The van der Waals surface area contributed by atoms with Gasteiger partial charge in [0.2, 0.25) is 5.91 Å². The van der Waals surface area contributed by atoms with Crippen LogP contribution in [0.4, 0.5) is 5.00 Å². The lowest BCUT2D eigenvalue weighted by molar-refractivity contribution is -0.111. The lowest BCUT2D eigenvalue weighted by Crippen LogP contribution is -2.13. The highest BCUT2D eigenvalue weighted by atomic mass is 32.1. The minimum Gasteiger partial charge on any atom is -0.313 e. The normalized spacial score (nSPS) is 11.4. The summed E-state index contributed by atoms with van der Waals surface area (Å²) in [5, 5.41) is 14.7. The van der Waals surface area contributed by atoms with Gasteiger partial charge in [-0.15, -0.1) is 11.3 Å². The summed E-state index contributed by atoms with van der Waals surface area (Å²) >= 11 is 1.39. The number of amides is 1. The smallest absolute Gasteiger partial charge is 0.249 e. The fraction of sp³-hybridized carbons (Fsp3) is 0.222. The predicted octanol–water partition coefficient (Wildman–Crippen LogP) is 4.57. The predicted molar refractivity (Wildman–Crippen MR) is 91.8 cm³/mol. The van der Waals surface area contributed by atoms with Gasteiger partial charge in [-0.05, 0) is 28.0 Å². The van der Waals surface area contributed by atoms with Crippen LogP contribution < -0.4 is 5.32 Å². The van der Waals surface area contributed by atoms with Gasteiger partial charge >= 0.3 is 0 Å². The highest BCUT2D eigenvalue weighted by molar-refractivity contribution is 7.14. The van der Waals surface area contributed by atoms with E-state index in [2.05, 4.69) is 32.2 Å². The minimum atomic E-state index is -0.234. The van der Waals surface area contributed by atoms with Crippen molar-refractivity contribution in [3.63, 3.8) is 0 Å². The van der Waals surface area contributed by atoms with Gasteiger partial charge in [0.15, 0.2) is 0 Å². The van der Waals surface area contributed by atoms with Crippen molar-refractivity contribution in [3.8, 4) is 6.07 Å². The van der Waals surface area contributed by atoms with Crippen molar-refractivity contribution >= 4 is 28.3 Å². The lowest BCUT2D eigenvalue weighted by atomic mass is 9.86. The van der Waals surface area contributed by atoms with Crippen LogP contribution in [-0.2, 0) is 10.2 Å². The Labute approximate surface area is 134 Å². The van der Waals surface area contributed by atoms with Crippen molar-refractivity contribution in [2.45, 2.75) is 26.2 Å². The Morgan fingerprint density at radius 3 is 2.55 bits per heavy atom. The molecule has 0 aliphatic rings. The van der Waals surface area contributed by atoms with Crippen molar-refractivity contribution in [2.24, 2.45) is 0 Å². The Morgan fingerprint density at radius 1 is 1.27 bits per heavy atom. The summed E-state index contributed by atoms with van der Waals surface area (Å²) in [4.78, 5) is 12.0. The molecule has 0 radical (unpaired) electrons. The second kappa shape index (κ2) is 6.59. The van der Waals surface area contributed by atoms with E-state index in [-0.39, 0.29) is 11.3 Å². The molecule has 0 saturated carbocycles. The van der Waals surface area contributed by atoms with Crippen molar-refractivity contribution in [3.05, 3.63) is 58.5 Å². The Morgan fingerprint density at radius 2 is 1.95 bits per heavy atom. The van der Waals surface area contributed by atoms with Crippen molar-refractivity contribution in [1.29, 1.82) is 5.26 Å². The molecule has 1 heterocycles. The zero-order valence-electron chi connectivity index (χ0n) is 12.9.